The molecule has 2 fully saturated rings. The van der Waals surface area contributed by atoms with Crippen molar-refractivity contribution in [1.29, 1.82) is 0 Å². The molecule has 2 saturated carbocycles. The number of hydrogen-bond acceptors (Lipinski definition) is 12. The van der Waals surface area contributed by atoms with Crippen molar-refractivity contribution in [3.63, 3.8) is 0 Å². The molecule has 0 bridgehead atoms. The summed E-state index contributed by atoms with van der Waals surface area (Å²) < 4.78 is 22.0. The van der Waals surface area contributed by atoms with E-state index in [1.807, 2.05) is 0 Å². The summed E-state index contributed by atoms with van der Waals surface area (Å²) in [4.78, 5) is 49.3. The summed E-state index contributed by atoms with van der Waals surface area (Å²) >= 11 is 0. The van der Waals surface area contributed by atoms with Crippen molar-refractivity contribution >= 4 is 58.8 Å². The molecule has 0 atom stereocenters. The minimum atomic E-state index is -0.489. The molecule has 4 aromatic carbocycles. The van der Waals surface area contributed by atoms with E-state index >= 15 is 0 Å². The zero-order valence-electron chi connectivity index (χ0n) is 43.5. The number of benzene rings is 4. The van der Waals surface area contributed by atoms with E-state index in [2.05, 4.69) is 13.8 Å². The Hall–Kier alpha value is -6.56. The standard InChI is InChI=1S/C31H42N2O4.C30H40N2O4/c1-2-3-4-5-6-7-8-23-11-17-28(18-12-23)37-31(35)25-14-9-24(10-15-25)13-20-30(34)36-22-26-21-27(32)16-19-29(26)33;1-2-3-4-5-6-7-22-10-16-27(17-11-22)36-30(34)24-13-8-23(9-14-24)12-19-29(33)35-21-25-20-26(31)15-18-28(25)32/h9-10,13-16,19-21,23,28H,2-8,11-12,17-18,22,32-33H2,1H3;8-9,12-15,18-20,22,27H,2-7,10-11,16-17,21,31-32H2,1H3/b20-13+;19-12+. The second kappa shape index (κ2) is 31.8. The van der Waals surface area contributed by atoms with Gasteiger partial charge in [0.25, 0.3) is 0 Å². The Balaban J connectivity index is 0.000000271. The van der Waals surface area contributed by atoms with E-state index in [1.54, 1.807) is 97.1 Å². The fraction of sp³-hybridized carbons (Fsp3) is 0.475. The van der Waals surface area contributed by atoms with E-state index in [9.17, 15) is 19.2 Å². The Morgan fingerprint density at radius 2 is 0.822 bits per heavy atom. The summed E-state index contributed by atoms with van der Waals surface area (Å²) in [6.45, 7) is 4.59. The lowest BCUT2D eigenvalue weighted by Gasteiger charge is -2.28. The molecule has 394 valence electrons. The zero-order chi connectivity index (χ0) is 52.2. The van der Waals surface area contributed by atoms with Crippen molar-refractivity contribution in [2.75, 3.05) is 22.9 Å². The largest absolute Gasteiger partial charge is 0.459 e. The summed E-state index contributed by atoms with van der Waals surface area (Å²) in [7, 11) is 0. The fourth-order valence-corrected chi connectivity index (χ4v) is 9.45. The first kappa shape index (κ1) is 57.3. The Morgan fingerprint density at radius 1 is 0.466 bits per heavy atom. The number of unbranched alkanes of at least 4 members (excludes halogenated alkanes) is 9. The van der Waals surface area contributed by atoms with Crippen molar-refractivity contribution in [3.05, 3.63) is 130 Å². The maximum absolute atomic E-state index is 12.6. The highest BCUT2D eigenvalue weighted by Gasteiger charge is 2.25. The van der Waals surface area contributed by atoms with Gasteiger partial charge in [0.1, 0.15) is 25.4 Å². The molecule has 12 nitrogen and oxygen atoms in total. The average Bonchev–Trinajstić information content (AvgIpc) is 3.40. The highest BCUT2D eigenvalue weighted by Crippen LogP contribution is 2.32. The van der Waals surface area contributed by atoms with Crippen LogP contribution in [0.15, 0.2) is 97.1 Å². The normalized spacial score (nSPS) is 17.6. The molecule has 0 aliphatic heterocycles. The van der Waals surface area contributed by atoms with Crippen LogP contribution in [0.25, 0.3) is 12.2 Å². The quantitative estimate of drug-likeness (QED) is 0.0161. The van der Waals surface area contributed by atoms with Gasteiger partial charge in [-0.05, 0) is 147 Å². The fourth-order valence-electron chi connectivity index (χ4n) is 9.45. The van der Waals surface area contributed by atoms with Gasteiger partial charge in [-0.3, -0.25) is 0 Å². The van der Waals surface area contributed by atoms with E-state index < -0.39 is 11.9 Å². The van der Waals surface area contributed by atoms with E-state index in [0.717, 1.165) is 74.3 Å². The van der Waals surface area contributed by atoms with Gasteiger partial charge in [0, 0.05) is 46.0 Å². The highest BCUT2D eigenvalue weighted by atomic mass is 16.6. The third kappa shape index (κ3) is 21.6. The summed E-state index contributed by atoms with van der Waals surface area (Å²) in [6.07, 6.45) is 31.7. The second-order valence-electron chi connectivity index (χ2n) is 19.9. The molecule has 0 unspecified atom stereocenters. The maximum atomic E-state index is 12.6. The van der Waals surface area contributed by atoms with Crippen LogP contribution in [0.2, 0.25) is 0 Å². The summed E-state index contributed by atoms with van der Waals surface area (Å²) in [5.41, 5.74) is 29.3. The molecule has 0 radical (unpaired) electrons. The average molecular weight is 999 g/mol. The number of nitrogen functional groups attached to an aromatic ring is 4. The minimum absolute atomic E-state index is 0.0108. The van der Waals surface area contributed by atoms with Crippen molar-refractivity contribution in [2.24, 2.45) is 11.8 Å². The van der Waals surface area contributed by atoms with Crippen LogP contribution < -0.4 is 22.9 Å². The number of carbonyl (C=O) groups excluding carboxylic acids is 4. The molecule has 6 rings (SSSR count). The van der Waals surface area contributed by atoms with Crippen molar-refractivity contribution in [2.45, 2.75) is 174 Å². The molecular weight excluding hydrogens is 917 g/mol. The summed E-state index contributed by atoms with van der Waals surface area (Å²) in [5.74, 6) is 0.0144. The lowest BCUT2D eigenvalue weighted by molar-refractivity contribution is -0.139. The molecular formula is C61H82N4O8. The predicted octanol–water partition coefficient (Wildman–Crippen LogP) is 13.8. The van der Waals surface area contributed by atoms with Crippen LogP contribution in [-0.2, 0) is 41.8 Å². The number of hydrogen-bond donors (Lipinski definition) is 4. The minimum Gasteiger partial charge on any atom is -0.459 e. The third-order valence-corrected chi connectivity index (χ3v) is 14.0. The molecule has 8 N–H and O–H groups in total. The first-order valence-electron chi connectivity index (χ1n) is 27.0. The number of ether oxygens (including phenoxy) is 4. The zero-order valence-corrected chi connectivity index (χ0v) is 43.5. The summed E-state index contributed by atoms with van der Waals surface area (Å²) in [5, 5.41) is 0. The van der Waals surface area contributed by atoms with Gasteiger partial charge >= 0.3 is 23.9 Å². The SMILES string of the molecule is CCCCCCCC1CCC(OC(=O)c2ccc(/C=C/C(=O)OCc3cc(N)ccc3N)cc2)CC1.CCCCCCCCC1CCC(OC(=O)c2ccc(/C=C/C(=O)OCc3cc(N)ccc3N)cc2)CC1. The predicted molar refractivity (Wildman–Crippen MR) is 295 cm³/mol. The Labute approximate surface area is 434 Å². The topological polar surface area (TPSA) is 209 Å². The number of esters is 4. The van der Waals surface area contributed by atoms with Crippen LogP contribution in [-0.4, -0.2) is 36.1 Å². The van der Waals surface area contributed by atoms with Gasteiger partial charge in [0.15, 0.2) is 0 Å². The van der Waals surface area contributed by atoms with Gasteiger partial charge in [-0.2, -0.15) is 0 Å². The molecule has 0 spiro atoms. The van der Waals surface area contributed by atoms with Crippen LogP contribution in [0.4, 0.5) is 22.7 Å². The van der Waals surface area contributed by atoms with Crippen molar-refractivity contribution in [3.8, 4) is 0 Å². The van der Waals surface area contributed by atoms with E-state index in [0.29, 0.717) is 45.0 Å². The van der Waals surface area contributed by atoms with Gasteiger partial charge < -0.3 is 41.9 Å². The second-order valence-corrected chi connectivity index (χ2v) is 19.9. The first-order chi connectivity index (χ1) is 35.4. The Bertz CT molecular complexity index is 2360. The van der Waals surface area contributed by atoms with Crippen LogP contribution >= 0.6 is 0 Å². The maximum Gasteiger partial charge on any atom is 0.338 e. The van der Waals surface area contributed by atoms with Gasteiger partial charge in [0.2, 0.25) is 0 Å². The number of carbonyl (C=O) groups is 4. The van der Waals surface area contributed by atoms with E-state index in [1.165, 1.54) is 95.6 Å². The molecule has 4 aromatic rings. The number of rotatable bonds is 25. The molecule has 0 heterocycles. The lowest BCUT2D eigenvalue weighted by Crippen LogP contribution is -2.24. The monoisotopic (exact) mass is 999 g/mol. The van der Waals surface area contributed by atoms with E-state index in [4.69, 9.17) is 41.9 Å². The third-order valence-electron chi connectivity index (χ3n) is 14.0. The van der Waals surface area contributed by atoms with Crippen LogP contribution in [0.5, 0.6) is 0 Å². The summed E-state index contributed by atoms with van der Waals surface area (Å²) in [6, 6.07) is 24.2. The molecule has 0 amide bonds. The van der Waals surface area contributed by atoms with Gasteiger partial charge in [0.05, 0.1) is 11.1 Å². The van der Waals surface area contributed by atoms with Crippen molar-refractivity contribution in [1.82, 2.24) is 0 Å². The first-order valence-corrected chi connectivity index (χ1v) is 27.0. The highest BCUT2D eigenvalue weighted by molar-refractivity contribution is 5.91. The van der Waals surface area contributed by atoms with Gasteiger partial charge in [-0.1, -0.05) is 122 Å². The molecule has 0 aromatic heterocycles. The van der Waals surface area contributed by atoms with E-state index in [-0.39, 0.29) is 37.4 Å². The molecule has 12 heteroatoms. The van der Waals surface area contributed by atoms with Crippen LogP contribution in [0.1, 0.15) is 192 Å². The molecule has 2 aliphatic carbocycles. The smallest absolute Gasteiger partial charge is 0.338 e. The Kier molecular flexibility index (Phi) is 25.0. The number of nitrogens with two attached hydrogens (primary N) is 4. The van der Waals surface area contributed by atoms with Gasteiger partial charge in [-0.25, -0.2) is 19.2 Å². The molecule has 2 aliphatic rings. The van der Waals surface area contributed by atoms with Gasteiger partial charge in [-0.15, -0.1) is 0 Å². The van der Waals surface area contributed by atoms with Crippen LogP contribution in [0, 0.1) is 11.8 Å². The molecule has 73 heavy (non-hydrogen) atoms. The number of anilines is 4. The van der Waals surface area contributed by atoms with Crippen molar-refractivity contribution < 1.29 is 38.1 Å². The lowest BCUT2D eigenvalue weighted by atomic mass is 9.84. The van der Waals surface area contributed by atoms with Crippen LogP contribution in [0.3, 0.4) is 0 Å². The molecule has 0 saturated heterocycles. The Morgan fingerprint density at radius 3 is 1.19 bits per heavy atom.